The van der Waals surface area contributed by atoms with Crippen LogP contribution in [0.15, 0.2) is 12.7 Å². The largest absolute Gasteiger partial charge is 0.361 e. The van der Waals surface area contributed by atoms with Gasteiger partial charge in [-0.1, -0.05) is 0 Å². The molecule has 0 bridgehead atoms. The van der Waals surface area contributed by atoms with Crippen LogP contribution in [0.2, 0.25) is 0 Å². The summed E-state index contributed by atoms with van der Waals surface area (Å²) in [6, 6.07) is 0. The number of fused-ring (bicyclic) bond motifs is 1. The zero-order valence-electron chi connectivity index (χ0n) is 10.00. The summed E-state index contributed by atoms with van der Waals surface area (Å²) in [5.41, 5.74) is 1.67. The van der Waals surface area contributed by atoms with Crippen molar-refractivity contribution >= 4 is 17.0 Å². The molecule has 0 saturated carbocycles. The van der Waals surface area contributed by atoms with Crippen LogP contribution in [0.5, 0.6) is 0 Å². The molecule has 6 heteroatoms. The first kappa shape index (κ1) is 10.5. The van der Waals surface area contributed by atoms with Gasteiger partial charge in [0.1, 0.15) is 12.6 Å². The molecule has 6 nitrogen and oxygen atoms in total. The van der Waals surface area contributed by atoms with E-state index < -0.39 is 0 Å². The Balaban J connectivity index is 2.12. The van der Waals surface area contributed by atoms with E-state index in [4.69, 9.17) is 4.74 Å². The van der Waals surface area contributed by atoms with Crippen molar-refractivity contribution in [1.82, 2.24) is 19.5 Å². The zero-order valence-corrected chi connectivity index (χ0v) is 10.00. The second-order valence-electron chi connectivity index (χ2n) is 4.38. The molecular weight excluding hydrogens is 218 g/mol. The molecule has 2 aromatic rings. The van der Waals surface area contributed by atoms with Gasteiger partial charge in [0.15, 0.2) is 17.0 Å². The summed E-state index contributed by atoms with van der Waals surface area (Å²) in [6.45, 7) is 0.815. The Kier molecular flexibility index (Phi) is 2.44. The van der Waals surface area contributed by atoms with Crippen molar-refractivity contribution in [3.8, 4) is 0 Å². The monoisotopic (exact) mass is 233 g/mol. The number of ether oxygens (including phenoxy) is 1. The molecule has 90 valence electrons. The smallest absolute Gasteiger partial charge is 0.167 e. The summed E-state index contributed by atoms with van der Waals surface area (Å²) < 4.78 is 7.65. The number of nitrogens with zero attached hydrogens (tertiary/aromatic N) is 5. The molecule has 1 saturated heterocycles. The Bertz CT molecular complexity index is 530. The van der Waals surface area contributed by atoms with Crippen LogP contribution in [-0.2, 0) is 4.74 Å². The fourth-order valence-electron chi connectivity index (χ4n) is 2.16. The van der Waals surface area contributed by atoms with Crippen molar-refractivity contribution in [2.45, 2.75) is 19.1 Å². The van der Waals surface area contributed by atoms with Crippen molar-refractivity contribution in [1.29, 1.82) is 0 Å². The van der Waals surface area contributed by atoms with Crippen LogP contribution in [0.4, 0.5) is 5.82 Å². The van der Waals surface area contributed by atoms with E-state index in [0.717, 1.165) is 36.4 Å². The van der Waals surface area contributed by atoms with Crippen molar-refractivity contribution < 1.29 is 4.74 Å². The average molecular weight is 233 g/mol. The van der Waals surface area contributed by atoms with Gasteiger partial charge in [-0.15, -0.1) is 0 Å². The number of hydrogen-bond acceptors (Lipinski definition) is 5. The Hall–Kier alpha value is -1.69. The van der Waals surface area contributed by atoms with Crippen LogP contribution in [0.3, 0.4) is 0 Å². The first-order valence-electron chi connectivity index (χ1n) is 5.74. The molecule has 3 heterocycles. The van der Waals surface area contributed by atoms with Crippen LogP contribution in [0, 0.1) is 0 Å². The van der Waals surface area contributed by atoms with Gasteiger partial charge in [0.05, 0.1) is 6.33 Å². The predicted molar refractivity (Wildman–Crippen MR) is 63.9 cm³/mol. The van der Waals surface area contributed by atoms with E-state index in [0.29, 0.717) is 0 Å². The Morgan fingerprint density at radius 2 is 2.24 bits per heavy atom. The summed E-state index contributed by atoms with van der Waals surface area (Å²) in [5.74, 6) is 0.840. The lowest BCUT2D eigenvalue weighted by Crippen LogP contribution is -2.12. The highest BCUT2D eigenvalue weighted by Crippen LogP contribution is 2.28. The number of hydrogen-bond donors (Lipinski definition) is 0. The molecule has 0 aliphatic carbocycles. The SMILES string of the molecule is CN(C)c1ncnc2c1ncn2[C@@H]1CCCO1. The zero-order chi connectivity index (χ0) is 11.8. The highest BCUT2D eigenvalue weighted by atomic mass is 16.5. The van der Waals surface area contributed by atoms with E-state index in [1.54, 1.807) is 12.7 Å². The lowest BCUT2D eigenvalue weighted by atomic mass is 10.3. The van der Waals surface area contributed by atoms with E-state index in [1.807, 2.05) is 23.6 Å². The molecule has 2 aromatic heterocycles. The van der Waals surface area contributed by atoms with Gasteiger partial charge in [0, 0.05) is 20.7 Å². The fourth-order valence-corrected chi connectivity index (χ4v) is 2.16. The molecule has 0 amide bonds. The number of rotatable bonds is 2. The highest BCUT2D eigenvalue weighted by molar-refractivity contribution is 5.83. The standard InChI is InChI=1S/C11H15N5O/c1-15(2)10-9-11(13-6-12-10)16(7-14-9)8-4-3-5-17-8/h6-8H,3-5H2,1-2H3/t8-/m0/s1. The lowest BCUT2D eigenvalue weighted by molar-refractivity contribution is 0.0593. The molecule has 0 radical (unpaired) electrons. The minimum atomic E-state index is 0.0740. The first-order valence-corrected chi connectivity index (χ1v) is 5.74. The van der Waals surface area contributed by atoms with Gasteiger partial charge in [-0.2, -0.15) is 0 Å². The maximum atomic E-state index is 5.65. The van der Waals surface area contributed by atoms with E-state index >= 15 is 0 Å². The van der Waals surface area contributed by atoms with Crippen LogP contribution >= 0.6 is 0 Å². The van der Waals surface area contributed by atoms with Crippen molar-refractivity contribution in [3.63, 3.8) is 0 Å². The van der Waals surface area contributed by atoms with E-state index in [1.165, 1.54) is 0 Å². The van der Waals surface area contributed by atoms with Gasteiger partial charge in [0.2, 0.25) is 0 Å². The van der Waals surface area contributed by atoms with Crippen molar-refractivity contribution in [2.75, 3.05) is 25.6 Å². The molecule has 1 aliphatic heterocycles. The molecule has 1 atom stereocenters. The van der Waals surface area contributed by atoms with E-state index in [-0.39, 0.29) is 6.23 Å². The Morgan fingerprint density at radius 3 is 2.94 bits per heavy atom. The Morgan fingerprint density at radius 1 is 1.35 bits per heavy atom. The summed E-state index contributed by atoms with van der Waals surface area (Å²) in [7, 11) is 3.90. The third kappa shape index (κ3) is 1.64. The molecule has 0 spiro atoms. The van der Waals surface area contributed by atoms with E-state index in [9.17, 15) is 0 Å². The normalized spacial score (nSPS) is 20.0. The summed E-state index contributed by atoms with van der Waals surface area (Å²) in [5, 5.41) is 0. The van der Waals surface area contributed by atoms with Crippen molar-refractivity contribution in [2.24, 2.45) is 0 Å². The third-order valence-corrected chi connectivity index (χ3v) is 2.98. The van der Waals surface area contributed by atoms with Crippen LogP contribution < -0.4 is 4.90 Å². The van der Waals surface area contributed by atoms with Gasteiger partial charge in [-0.3, -0.25) is 4.57 Å². The van der Waals surface area contributed by atoms with Crippen molar-refractivity contribution in [3.05, 3.63) is 12.7 Å². The molecule has 17 heavy (non-hydrogen) atoms. The van der Waals surface area contributed by atoms with Gasteiger partial charge in [-0.25, -0.2) is 15.0 Å². The van der Waals surface area contributed by atoms with Gasteiger partial charge >= 0.3 is 0 Å². The molecule has 0 aromatic carbocycles. The molecular formula is C11H15N5O. The van der Waals surface area contributed by atoms with Gasteiger partial charge < -0.3 is 9.64 Å². The second kappa shape index (κ2) is 3.96. The maximum absolute atomic E-state index is 5.65. The van der Waals surface area contributed by atoms with Crippen LogP contribution in [-0.4, -0.2) is 40.2 Å². The maximum Gasteiger partial charge on any atom is 0.167 e. The first-order chi connectivity index (χ1) is 8.27. The molecule has 3 rings (SSSR count). The fraction of sp³-hybridized carbons (Fsp3) is 0.545. The van der Waals surface area contributed by atoms with Gasteiger partial charge in [0.25, 0.3) is 0 Å². The number of anilines is 1. The Labute approximate surface area is 99.2 Å². The molecule has 1 fully saturated rings. The lowest BCUT2D eigenvalue weighted by Gasteiger charge is -2.13. The van der Waals surface area contributed by atoms with Gasteiger partial charge in [-0.05, 0) is 12.8 Å². The number of imidazole rings is 1. The topological polar surface area (TPSA) is 56.1 Å². The molecule has 0 N–H and O–H groups in total. The quantitative estimate of drug-likeness (QED) is 0.780. The third-order valence-electron chi connectivity index (χ3n) is 2.98. The summed E-state index contributed by atoms with van der Waals surface area (Å²) >= 11 is 0. The van der Waals surface area contributed by atoms with Crippen LogP contribution in [0.25, 0.3) is 11.2 Å². The summed E-state index contributed by atoms with van der Waals surface area (Å²) in [6.07, 6.45) is 5.56. The van der Waals surface area contributed by atoms with E-state index in [2.05, 4.69) is 15.0 Å². The molecule has 1 aliphatic rings. The van der Waals surface area contributed by atoms with Crippen LogP contribution in [0.1, 0.15) is 19.1 Å². The predicted octanol–water partition coefficient (Wildman–Crippen LogP) is 1.20. The molecule has 0 unspecified atom stereocenters. The second-order valence-corrected chi connectivity index (χ2v) is 4.38. The minimum Gasteiger partial charge on any atom is -0.361 e. The minimum absolute atomic E-state index is 0.0740. The number of aromatic nitrogens is 4. The highest BCUT2D eigenvalue weighted by Gasteiger charge is 2.21. The summed E-state index contributed by atoms with van der Waals surface area (Å²) in [4.78, 5) is 14.9. The average Bonchev–Trinajstić information content (AvgIpc) is 2.96.